The fourth-order valence-corrected chi connectivity index (χ4v) is 5.48. The zero-order chi connectivity index (χ0) is 30.7. The number of nitrogens with one attached hydrogen (secondary N) is 4. The number of ether oxygens (including phenoxy) is 1. The van der Waals surface area contributed by atoms with Crippen molar-refractivity contribution in [1.82, 2.24) is 21.3 Å². The molecule has 5 N–H and O–H groups in total. The SMILES string of the molecule is CCC[C@H](NC(=O)CC[C@@H]1CCCC[C@@H]1NC(=O)[C@@H](NC(=O)OCc1ccccc1)C(C)(C)C)C(O)C(=O)NC1CC1. The van der Waals surface area contributed by atoms with Crippen molar-refractivity contribution < 1.29 is 29.0 Å². The van der Waals surface area contributed by atoms with E-state index in [1.807, 2.05) is 58.0 Å². The highest BCUT2D eigenvalue weighted by Crippen LogP contribution is 2.29. The van der Waals surface area contributed by atoms with Crippen molar-refractivity contribution in [2.75, 3.05) is 0 Å². The van der Waals surface area contributed by atoms with Gasteiger partial charge in [-0.1, -0.05) is 77.3 Å². The third-order valence-corrected chi connectivity index (χ3v) is 8.10. The van der Waals surface area contributed by atoms with Gasteiger partial charge in [0.05, 0.1) is 6.04 Å². The summed E-state index contributed by atoms with van der Waals surface area (Å²) in [6.45, 7) is 7.73. The van der Waals surface area contributed by atoms with Crippen LogP contribution >= 0.6 is 0 Å². The van der Waals surface area contributed by atoms with E-state index in [9.17, 15) is 24.3 Å². The maximum absolute atomic E-state index is 13.5. The smallest absolute Gasteiger partial charge is 0.408 e. The lowest BCUT2D eigenvalue weighted by Gasteiger charge is -2.36. The van der Waals surface area contributed by atoms with Gasteiger partial charge in [0.15, 0.2) is 6.10 Å². The van der Waals surface area contributed by atoms with Crippen LogP contribution in [0.4, 0.5) is 4.79 Å². The number of aliphatic hydroxyl groups is 1. The lowest BCUT2D eigenvalue weighted by atomic mass is 9.80. The number of amides is 4. The molecule has 42 heavy (non-hydrogen) atoms. The molecule has 0 heterocycles. The van der Waals surface area contributed by atoms with E-state index >= 15 is 0 Å². The Bertz CT molecular complexity index is 1040. The number of hydrogen-bond acceptors (Lipinski definition) is 6. The first-order valence-corrected chi connectivity index (χ1v) is 15.5. The monoisotopic (exact) mass is 586 g/mol. The molecule has 1 aromatic carbocycles. The number of hydrogen-bond donors (Lipinski definition) is 5. The predicted molar refractivity (Wildman–Crippen MR) is 160 cm³/mol. The van der Waals surface area contributed by atoms with E-state index in [1.54, 1.807) is 0 Å². The van der Waals surface area contributed by atoms with Gasteiger partial charge < -0.3 is 31.1 Å². The van der Waals surface area contributed by atoms with Crippen LogP contribution in [0, 0.1) is 11.3 Å². The van der Waals surface area contributed by atoms with Crippen LogP contribution in [0.1, 0.15) is 97.5 Å². The molecule has 0 spiro atoms. The molecule has 10 nitrogen and oxygen atoms in total. The normalized spacial score (nSPS) is 20.9. The second-order valence-corrected chi connectivity index (χ2v) is 12.9. The summed E-state index contributed by atoms with van der Waals surface area (Å²) in [7, 11) is 0. The highest BCUT2D eigenvalue weighted by molar-refractivity contribution is 5.86. The summed E-state index contributed by atoms with van der Waals surface area (Å²) in [5, 5.41) is 22.1. The van der Waals surface area contributed by atoms with Gasteiger partial charge in [-0.05, 0) is 55.4 Å². The molecular weight excluding hydrogens is 536 g/mol. The first-order chi connectivity index (χ1) is 20.0. The fraction of sp³-hybridized carbons (Fsp3) is 0.688. The Morgan fingerprint density at radius 3 is 2.29 bits per heavy atom. The molecule has 2 aliphatic rings. The van der Waals surface area contributed by atoms with Crippen LogP contribution in [-0.2, 0) is 25.7 Å². The van der Waals surface area contributed by atoms with Crippen molar-refractivity contribution in [3.8, 4) is 0 Å². The molecule has 1 aromatic rings. The maximum Gasteiger partial charge on any atom is 0.408 e. The minimum absolute atomic E-state index is 0.104. The molecule has 2 fully saturated rings. The van der Waals surface area contributed by atoms with E-state index in [0.29, 0.717) is 12.8 Å². The molecule has 0 bridgehead atoms. The largest absolute Gasteiger partial charge is 0.445 e. The van der Waals surface area contributed by atoms with E-state index in [1.165, 1.54) is 0 Å². The third kappa shape index (κ3) is 10.9. The topological polar surface area (TPSA) is 146 Å². The summed E-state index contributed by atoms with van der Waals surface area (Å²) in [4.78, 5) is 51.3. The highest BCUT2D eigenvalue weighted by atomic mass is 16.5. The van der Waals surface area contributed by atoms with Crippen LogP contribution < -0.4 is 21.3 Å². The second-order valence-electron chi connectivity index (χ2n) is 12.9. The predicted octanol–water partition coefficient (Wildman–Crippen LogP) is 3.71. The molecule has 0 saturated heterocycles. The molecule has 0 radical (unpaired) electrons. The van der Waals surface area contributed by atoms with Gasteiger partial charge in [0.25, 0.3) is 5.91 Å². The molecular formula is C32H50N4O6. The van der Waals surface area contributed by atoms with Crippen LogP contribution in [0.3, 0.4) is 0 Å². The Hall–Kier alpha value is -3.14. The number of carbonyl (C=O) groups excluding carboxylic acids is 4. The number of aliphatic hydroxyl groups excluding tert-OH is 1. The molecule has 0 aliphatic heterocycles. The molecule has 2 saturated carbocycles. The molecule has 1 unspecified atom stereocenters. The standard InChI is InChI=1S/C32H50N4O6/c1-5-11-25(27(38)29(39)33-23-17-18-23)34-26(37)19-16-22-14-9-10-15-24(22)35-30(40)28(32(2,3)4)36-31(41)42-20-21-12-7-6-8-13-21/h6-8,12-13,22-25,27-28,38H,5,9-11,14-20H2,1-4H3,(H,33,39)(H,34,37)(H,35,40)(H,36,41)/t22-,24-,25-,27?,28+/m0/s1. The van der Waals surface area contributed by atoms with Crippen LogP contribution in [0.15, 0.2) is 30.3 Å². The third-order valence-electron chi connectivity index (χ3n) is 8.10. The molecule has 4 amide bonds. The second kappa shape index (κ2) is 15.9. The quantitative estimate of drug-likeness (QED) is 0.225. The fourth-order valence-electron chi connectivity index (χ4n) is 5.48. The lowest BCUT2D eigenvalue weighted by molar-refractivity contribution is -0.132. The van der Waals surface area contributed by atoms with Gasteiger partial charge in [-0.2, -0.15) is 0 Å². The summed E-state index contributed by atoms with van der Waals surface area (Å²) >= 11 is 0. The van der Waals surface area contributed by atoms with Crippen molar-refractivity contribution in [3.63, 3.8) is 0 Å². The van der Waals surface area contributed by atoms with E-state index < -0.39 is 35.6 Å². The Kier molecular flexibility index (Phi) is 12.6. The lowest BCUT2D eigenvalue weighted by Crippen LogP contribution is -2.56. The zero-order valence-electron chi connectivity index (χ0n) is 25.6. The van der Waals surface area contributed by atoms with Crippen molar-refractivity contribution in [3.05, 3.63) is 35.9 Å². The maximum atomic E-state index is 13.5. The molecule has 2 aliphatic carbocycles. The molecule has 5 atom stereocenters. The van der Waals surface area contributed by atoms with Crippen molar-refractivity contribution in [2.45, 2.75) is 129 Å². The van der Waals surface area contributed by atoms with Gasteiger partial charge in [0.1, 0.15) is 12.6 Å². The number of carbonyl (C=O) groups is 4. The first kappa shape index (κ1) is 33.4. The van der Waals surface area contributed by atoms with Gasteiger partial charge in [-0.3, -0.25) is 14.4 Å². The molecule has 234 valence electrons. The first-order valence-electron chi connectivity index (χ1n) is 15.5. The van der Waals surface area contributed by atoms with Gasteiger partial charge in [-0.25, -0.2) is 4.79 Å². The van der Waals surface area contributed by atoms with Gasteiger partial charge in [-0.15, -0.1) is 0 Å². The van der Waals surface area contributed by atoms with Gasteiger partial charge in [0, 0.05) is 18.5 Å². The Morgan fingerprint density at radius 2 is 1.64 bits per heavy atom. The number of rotatable bonds is 14. The minimum Gasteiger partial charge on any atom is -0.445 e. The summed E-state index contributed by atoms with van der Waals surface area (Å²) in [5.74, 6) is -0.810. The van der Waals surface area contributed by atoms with E-state index in [0.717, 1.165) is 50.5 Å². The minimum atomic E-state index is -1.28. The van der Waals surface area contributed by atoms with E-state index in [4.69, 9.17) is 4.74 Å². The van der Waals surface area contributed by atoms with Crippen LogP contribution in [-0.4, -0.2) is 59.2 Å². The number of benzene rings is 1. The average Bonchev–Trinajstić information content (AvgIpc) is 3.77. The van der Waals surface area contributed by atoms with Crippen molar-refractivity contribution >= 4 is 23.8 Å². The Balaban J connectivity index is 1.53. The molecule has 3 rings (SSSR count). The number of alkyl carbamates (subject to hydrolysis) is 1. The highest BCUT2D eigenvalue weighted by Gasteiger charge is 2.37. The summed E-state index contributed by atoms with van der Waals surface area (Å²) in [6.07, 6.45) is 5.62. The van der Waals surface area contributed by atoms with E-state index in [2.05, 4.69) is 21.3 Å². The summed E-state index contributed by atoms with van der Waals surface area (Å²) < 4.78 is 5.36. The van der Waals surface area contributed by atoms with E-state index in [-0.39, 0.29) is 42.8 Å². The zero-order valence-corrected chi connectivity index (χ0v) is 25.6. The molecule has 0 aromatic heterocycles. The Morgan fingerprint density at radius 1 is 0.952 bits per heavy atom. The van der Waals surface area contributed by atoms with Crippen LogP contribution in [0.2, 0.25) is 0 Å². The Labute approximate surface area is 250 Å². The van der Waals surface area contributed by atoms with Crippen molar-refractivity contribution in [1.29, 1.82) is 0 Å². The average molecular weight is 587 g/mol. The van der Waals surface area contributed by atoms with Crippen LogP contribution in [0.5, 0.6) is 0 Å². The van der Waals surface area contributed by atoms with Crippen LogP contribution in [0.25, 0.3) is 0 Å². The van der Waals surface area contributed by atoms with Crippen molar-refractivity contribution in [2.24, 2.45) is 11.3 Å². The molecule has 10 heteroatoms. The summed E-state index contributed by atoms with van der Waals surface area (Å²) in [5.41, 5.74) is 0.302. The van der Waals surface area contributed by atoms with Gasteiger partial charge >= 0.3 is 6.09 Å². The summed E-state index contributed by atoms with van der Waals surface area (Å²) in [6, 6.07) is 7.93. The van der Waals surface area contributed by atoms with Gasteiger partial charge in [0.2, 0.25) is 11.8 Å².